The summed E-state index contributed by atoms with van der Waals surface area (Å²) in [4.78, 5) is 32.8. The van der Waals surface area contributed by atoms with Gasteiger partial charge in [0, 0.05) is 0 Å². The van der Waals surface area contributed by atoms with E-state index in [0.29, 0.717) is 0 Å². The zero-order valence-corrected chi connectivity index (χ0v) is 9.20. The number of hydrogen-bond acceptors (Lipinski definition) is 5. The lowest BCUT2D eigenvalue weighted by molar-refractivity contribution is -0.150. The summed E-state index contributed by atoms with van der Waals surface area (Å²) in [5, 5.41) is 0. The predicted octanol–water partition coefficient (Wildman–Crippen LogP) is 0.648. The molecule has 0 heterocycles. The third-order valence-corrected chi connectivity index (χ3v) is 1.20. The maximum Gasteiger partial charge on any atom is 0.357 e. The Morgan fingerprint density at radius 1 is 0.933 bits per heavy atom. The molecule has 0 saturated heterocycles. The van der Waals surface area contributed by atoms with Crippen molar-refractivity contribution < 1.29 is 23.9 Å². The summed E-state index contributed by atoms with van der Waals surface area (Å²) >= 11 is 0. The van der Waals surface area contributed by atoms with Gasteiger partial charge in [-0.3, -0.25) is 0 Å². The van der Waals surface area contributed by atoms with Gasteiger partial charge in [0.2, 0.25) is 5.57 Å². The summed E-state index contributed by atoms with van der Waals surface area (Å²) < 4.78 is 9.33. The first-order valence-corrected chi connectivity index (χ1v) is 4.55. The van der Waals surface area contributed by atoms with Gasteiger partial charge in [-0.25, -0.2) is 14.4 Å². The SMILES string of the molecule is CC(C)OC(=O)C(=C=O)C(=O)OC(C)C. The fourth-order valence-electron chi connectivity index (χ4n) is 0.713. The van der Waals surface area contributed by atoms with E-state index in [0.717, 1.165) is 0 Å². The van der Waals surface area contributed by atoms with Gasteiger partial charge in [-0.2, -0.15) is 0 Å². The quantitative estimate of drug-likeness (QED) is 0.226. The fraction of sp³-hybridized carbons (Fsp3) is 0.600. The summed E-state index contributed by atoms with van der Waals surface area (Å²) in [6.07, 6.45) is -0.819. The first kappa shape index (κ1) is 13.4. The number of esters is 2. The smallest absolute Gasteiger partial charge is 0.357 e. The van der Waals surface area contributed by atoms with E-state index >= 15 is 0 Å². The third-order valence-electron chi connectivity index (χ3n) is 1.20. The molecule has 0 amide bonds. The highest BCUT2D eigenvalue weighted by Gasteiger charge is 2.24. The van der Waals surface area contributed by atoms with Crippen molar-refractivity contribution >= 4 is 17.9 Å². The molecule has 15 heavy (non-hydrogen) atoms. The van der Waals surface area contributed by atoms with Gasteiger partial charge in [-0.15, -0.1) is 0 Å². The molecule has 0 atom stereocenters. The Bertz CT molecular complexity index is 273. The van der Waals surface area contributed by atoms with Crippen molar-refractivity contribution in [1.82, 2.24) is 0 Å². The van der Waals surface area contributed by atoms with Crippen molar-refractivity contribution in [3.05, 3.63) is 5.57 Å². The van der Waals surface area contributed by atoms with Crippen LogP contribution in [0, 0.1) is 0 Å². The van der Waals surface area contributed by atoms with Crippen molar-refractivity contribution in [1.29, 1.82) is 0 Å². The zero-order valence-electron chi connectivity index (χ0n) is 9.20. The maximum absolute atomic E-state index is 11.2. The van der Waals surface area contributed by atoms with Crippen molar-refractivity contribution in [2.24, 2.45) is 0 Å². The zero-order chi connectivity index (χ0) is 12.0. The Morgan fingerprint density at radius 3 is 1.47 bits per heavy atom. The fourth-order valence-corrected chi connectivity index (χ4v) is 0.713. The molecule has 0 aliphatic rings. The van der Waals surface area contributed by atoms with E-state index in [1.165, 1.54) is 5.94 Å². The monoisotopic (exact) mass is 214 g/mol. The molecular weight excluding hydrogens is 200 g/mol. The number of carbonyl (C=O) groups is 2. The average Bonchev–Trinajstić information content (AvgIpc) is 2.01. The van der Waals surface area contributed by atoms with Gasteiger partial charge in [-0.1, -0.05) is 0 Å². The summed E-state index contributed by atoms with van der Waals surface area (Å²) in [5.74, 6) is -0.787. The normalized spacial score (nSPS) is 9.73. The van der Waals surface area contributed by atoms with E-state index in [9.17, 15) is 14.4 Å². The summed E-state index contributed by atoms with van der Waals surface area (Å²) in [6, 6.07) is 0. The molecule has 0 fully saturated rings. The Labute approximate surface area is 88.0 Å². The van der Waals surface area contributed by atoms with Gasteiger partial charge in [0.05, 0.1) is 12.2 Å². The molecule has 5 nitrogen and oxygen atoms in total. The minimum Gasteiger partial charge on any atom is -0.459 e. The summed E-state index contributed by atoms with van der Waals surface area (Å²) in [6.45, 7) is 6.42. The molecular formula is C10H14O5. The van der Waals surface area contributed by atoms with Crippen LogP contribution < -0.4 is 0 Å². The number of ether oxygens (including phenoxy) is 2. The molecule has 0 bridgehead atoms. The predicted molar refractivity (Wildman–Crippen MR) is 51.7 cm³/mol. The average molecular weight is 214 g/mol. The maximum atomic E-state index is 11.2. The highest BCUT2D eigenvalue weighted by atomic mass is 16.6. The topological polar surface area (TPSA) is 69.7 Å². The number of rotatable bonds is 4. The van der Waals surface area contributed by atoms with Gasteiger partial charge in [0.15, 0.2) is 0 Å². The molecule has 0 radical (unpaired) electrons. The summed E-state index contributed by atoms with van der Waals surface area (Å²) in [5.41, 5.74) is -0.739. The molecule has 0 aromatic rings. The van der Waals surface area contributed by atoms with E-state index < -0.39 is 29.7 Å². The second-order valence-electron chi connectivity index (χ2n) is 3.39. The van der Waals surface area contributed by atoms with Crippen LogP contribution in [0.3, 0.4) is 0 Å². The molecule has 0 unspecified atom stereocenters. The molecule has 0 saturated carbocycles. The molecule has 0 aromatic heterocycles. The second kappa shape index (κ2) is 5.98. The molecule has 84 valence electrons. The Hall–Kier alpha value is -1.61. The van der Waals surface area contributed by atoms with Crippen molar-refractivity contribution in [2.45, 2.75) is 39.9 Å². The lowest BCUT2D eigenvalue weighted by atomic mass is 10.3. The van der Waals surface area contributed by atoms with Crippen molar-refractivity contribution in [3.63, 3.8) is 0 Å². The Kier molecular flexibility index (Phi) is 5.34. The van der Waals surface area contributed by atoms with E-state index in [4.69, 9.17) is 0 Å². The second-order valence-corrected chi connectivity index (χ2v) is 3.39. The van der Waals surface area contributed by atoms with Crippen LogP contribution in [0.4, 0.5) is 0 Å². The van der Waals surface area contributed by atoms with E-state index in [1.54, 1.807) is 27.7 Å². The number of hydrogen-bond donors (Lipinski definition) is 0. The van der Waals surface area contributed by atoms with Crippen LogP contribution in [0.2, 0.25) is 0 Å². The lowest BCUT2D eigenvalue weighted by Gasteiger charge is -2.09. The molecule has 0 aliphatic heterocycles. The van der Waals surface area contributed by atoms with E-state index in [1.807, 2.05) is 0 Å². The number of carbonyl (C=O) groups excluding carboxylic acids is 3. The molecule has 0 rings (SSSR count). The standard InChI is InChI=1S/C10H14O5/c1-6(2)14-9(12)8(5-11)10(13)15-7(3)4/h6-7H,1-4H3. The minimum absolute atomic E-state index is 0.410. The van der Waals surface area contributed by atoms with Crippen LogP contribution in [-0.4, -0.2) is 30.1 Å². The minimum atomic E-state index is -1.01. The first-order valence-electron chi connectivity index (χ1n) is 4.55. The largest absolute Gasteiger partial charge is 0.459 e. The highest BCUT2D eigenvalue weighted by molar-refractivity contribution is 6.20. The van der Waals surface area contributed by atoms with Gasteiger partial charge in [0.25, 0.3) is 0 Å². The van der Waals surface area contributed by atoms with Crippen LogP contribution >= 0.6 is 0 Å². The summed E-state index contributed by atoms with van der Waals surface area (Å²) in [7, 11) is 0. The van der Waals surface area contributed by atoms with Gasteiger partial charge in [-0.05, 0) is 27.7 Å². The van der Waals surface area contributed by atoms with Crippen LogP contribution in [-0.2, 0) is 23.9 Å². The molecule has 0 N–H and O–H groups in total. The van der Waals surface area contributed by atoms with Crippen LogP contribution in [0.25, 0.3) is 0 Å². The molecule has 0 aromatic carbocycles. The van der Waals surface area contributed by atoms with Gasteiger partial charge < -0.3 is 9.47 Å². The highest BCUT2D eigenvalue weighted by Crippen LogP contribution is 2.02. The van der Waals surface area contributed by atoms with E-state index in [2.05, 4.69) is 9.47 Å². The van der Waals surface area contributed by atoms with Crippen LogP contribution in [0.5, 0.6) is 0 Å². The van der Waals surface area contributed by atoms with Gasteiger partial charge >= 0.3 is 11.9 Å². The lowest BCUT2D eigenvalue weighted by Crippen LogP contribution is -2.23. The Morgan fingerprint density at radius 2 is 1.27 bits per heavy atom. The molecule has 0 spiro atoms. The van der Waals surface area contributed by atoms with Crippen molar-refractivity contribution in [2.75, 3.05) is 0 Å². The van der Waals surface area contributed by atoms with Crippen molar-refractivity contribution in [3.8, 4) is 0 Å². The first-order chi connectivity index (χ1) is 6.88. The van der Waals surface area contributed by atoms with Crippen LogP contribution in [0.1, 0.15) is 27.7 Å². The Balaban J connectivity index is 4.58. The molecule has 5 heteroatoms. The van der Waals surface area contributed by atoms with Crippen LogP contribution in [0.15, 0.2) is 5.57 Å². The third kappa shape index (κ3) is 4.98. The molecule has 0 aliphatic carbocycles. The van der Waals surface area contributed by atoms with Gasteiger partial charge in [0.1, 0.15) is 5.94 Å². The van der Waals surface area contributed by atoms with E-state index in [-0.39, 0.29) is 0 Å².